The Hall–Kier alpha value is -2.42. The van der Waals surface area contributed by atoms with Gasteiger partial charge >= 0.3 is 0 Å². The van der Waals surface area contributed by atoms with Crippen LogP contribution < -0.4 is 16.0 Å². The fraction of sp³-hybridized carbons (Fsp3) is 0.375. The van der Waals surface area contributed by atoms with E-state index in [9.17, 15) is 9.59 Å². The van der Waals surface area contributed by atoms with E-state index in [-0.39, 0.29) is 17.9 Å². The van der Waals surface area contributed by atoms with Gasteiger partial charge in [-0.3, -0.25) is 9.59 Å². The maximum absolute atomic E-state index is 12.7. The van der Waals surface area contributed by atoms with Gasteiger partial charge in [0, 0.05) is 35.8 Å². The molecule has 33 heavy (non-hydrogen) atoms. The fourth-order valence-electron chi connectivity index (χ4n) is 4.22. The van der Waals surface area contributed by atoms with Gasteiger partial charge in [-0.25, -0.2) is 4.98 Å². The van der Waals surface area contributed by atoms with E-state index >= 15 is 0 Å². The van der Waals surface area contributed by atoms with Gasteiger partial charge in [-0.1, -0.05) is 45.7 Å². The Morgan fingerprint density at radius 2 is 2.15 bits per heavy atom. The number of carbonyl (C=O) groups is 2. The van der Waals surface area contributed by atoms with Gasteiger partial charge in [0.1, 0.15) is 11.7 Å². The quantitative estimate of drug-likeness (QED) is 0.436. The Balaban J connectivity index is 1.26. The molecule has 7 nitrogen and oxygen atoms in total. The van der Waals surface area contributed by atoms with Crippen LogP contribution in [0.15, 0.2) is 47.2 Å². The standard InChI is InChI=1S/C24H27BrClN5O2/c1-14(23(32)29-12-16-8-18-20(26)13-31(2)22(18)28-11-16)30-24(33)21-9-15(10-27-21)7-17-5-3-4-6-19(17)25/h3-6,8,11,13-15,21,27H,7,9-10,12H2,1-2H3,(H,29,32)(H,30,33)/t14-,15-,21+/m0/s1. The summed E-state index contributed by atoms with van der Waals surface area (Å²) in [4.78, 5) is 29.7. The van der Waals surface area contributed by atoms with E-state index in [0.717, 1.165) is 40.5 Å². The van der Waals surface area contributed by atoms with Gasteiger partial charge < -0.3 is 20.5 Å². The molecule has 1 aromatic carbocycles. The number of hydrogen-bond donors (Lipinski definition) is 3. The second-order valence-corrected chi connectivity index (χ2v) is 9.87. The van der Waals surface area contributed by atoms with Crippen LogP contribution in [0, 0.1) is 5.92 Å². The lowest BCUT2D eigenvalue weighted by molar-refractivity contribution is -0.129. The molecule has 2 aromatic heterocycles. The first-order valence-corrected chi connectivity index (χ1v) is 12.1. The van der Waals surface area contributed by atoms with Crippen molar-refractivity contribution in [1.82, 2.24) is 25.5 Å². The monoisotopic (exact) mass is 531 g/mol. The number of aryl methyl sites for hydroxylation is 1. The van der Waals surface area contributed by atoms with Crippen LogP contribution in [0.25, 0.3) is 11.0 Å². The summed E-state index contributed by atoms with van der Waals surface area (Å²) in [5, 5.41) is 10.5. The third kappa shape index (κ3) is 5.57. The minimum atomic E-state index is -0.640. The maximum atomic E-state index is 12.7. The predicted molar refractivity (Wildman–Crippen MR) is 133 cm³/mol. The zero-order chi connectivity index (χ0) is 23.5. The van der Waals surface area contributed by atoms with E-state index in [4.69, 9.17) is 11.6 Å². The Morgan fingerprint density at radius 3 is 2.94 bits per heavy atom. The van der Waals surface area contributed by atoms with E-state index in [0.29, 0.717) is 17.5 Å². The Kier molecular flexibility index (Phi) is 7.36. The lowest BCUT2D eigenvalue weighted by atomic mass is 9.96. The number of carbonyl (C=O) groups excluding carboxylic acids is 2. The first kappa shape index (κ1) is 23.7. The molecule has 3 N–H and O–H groups in total. The van der Waals surface area contributed by atoms with Crippen molar-refractivity contribution < 1.29 is 9.59 Å². The average Bonchev–Trinajstić information content (AvgIpc) is 3.38. The molecular weight excluding hydrogens is 506 g/mol. The highest BCUT2D eigenvalue weighted by Gasteiger charge is 2.31. The molecule has 174 valence electrons. The molecule has 0 radical (unpaired) electrons. The van der Waals surface area contributed by atoms with Crippen LogP contribution in [0.5, 0.6) is 0 Å². The number of nitrogens with one attached hydrogen (secondary N) is 3. The number of nitrogens with zero attached hydrogens (tertiary/aromatic N) is 2. The van der Waals surface area contributed by atoms with Crippen molar-refractivity contribution in [2.75, 3.05) is 6.54 Å². The van der Waals surface area contributed by atoms with E-state index in [1.165, 1.54) is 5.56 Å². The normalized spacial score (nSPS) is 18.9. The van der Waals surface area contributed by atoms with Gasteiger partial charge in [0.15, 0.2) is 0 Å². The van der Waals surface area contributed by atoms with Crippen LogP contribution in [-0.2, 0) is 29.6 Å². The van der Waals surface area contributed by atoms with Gasteiger partial charge in [0.2, 0.25) is 11.8 Å². The highest BCUT2D eigenvalue weighted by Crippen LogP contribution is 2.25. The molecule has 1 saturated heterocycles. The van der Waals surface area contributed by atoms with Crippen LogP contribution in [-0.4, -0.2) is 40.0 Å². The molecule has 4 rings (SSSR count). The summed E-state index contributed by atoms with van der Waals surface area (Å²) >= 11 is 9.83. The molecule has 2 amide bonds. The molecule has 3 atom stereocenters. The first-order chi connectivity index (χ1) is 15.8. The average molecular weight is 533 g/mol. The number of fused-ring (bicyclic) bond motifs is 1. The lowest BCUT2D eigenvalue weighted by Gasteiger charge is -2.17. The van der Waals surface area contributed by atoms with Gasteiger partial charge in [-0.05, 0) is 55.5 Å². The summed E-state index contributed by atoms with van der Waals surface area (Å²) in [5.41, 5.74) is 2.87. The molecule has 9 heteroatoms. The van der Waals surface area contributed by atoms with Crippen LogP contribution in [0.2, 0.25) is 5.02 Å². The third-order valence-corrected chi connectivity index (χ3v) is 7.12. The van der Waals surface area contributed by atoms with Gasteiger partial charge in [-0.15, -0.1) is 0 Å². The summed E-state index contributed by atoms with van der Waals surface area (Å²) in [6.07, 6.45) is 5.17. The van der Waals surface area contributed by atoms with Crippen LogP contribution >= 0.6 is 27.5 Å². The largest absolute Gasteiger partial charge is 0.350 e. The first-order valence-electron chi connectivity index (χ1n) is 11.0. The number of pyridine rings is 1. The second-order valence-electron chi connectivity index (χ2n) is 8.61. The van der Waals surface area contributed by atoms with Crippen molar-refractivity contribution in [2.45, 2.75) is 38.4 Å². The SMILES string of the molecule is C[C@H](NC(=O)[C@H]1C[C@H](Cc2ccccc2Br)CN1)C(=O)NCc1cnc2c(c1)c(Cl)cn2C. The number of aromatic nitrogens is 2. The van der Waals surface area contributed by atoms with Crippen molar-refractivity contribution >= 4 is 50.4 Å². The molecule has 0 saturated carbocycles. The van der Waals surface area contributed by atoms with E-state index in [1.807, 2.05) is 35.9 Å². The molecule has 1 aliphatic rings. The van der Waals surface area contributed by atoms with E-state index in [2.05, 4.69) is 42.9 Å². The topological polar surface area (TPSA) is 88.1 Å². The molecule has 1 aliphatic heterocycles. The molecule has 3 heterocycles. The summed E-state index contributed by atoms with van der Waals surface area (Å²) in [7, 11) is 1.88. The molecular formula is C24H27BrClN5O2. The van der Waals surface area contributed by atoms with Crippen LogP contribution in [0.1, 0.15) is 24.5 Å². The van der Waals surface area contributed by atoms with Crippen molar-refractivity contribution in [3.05, 3.63) is 63.3 Å². The van der Waals surface area contributed by atoms with Crippen LogP contribution in [0.4, 0.5) is 0 Å². The zero-order valence-electron chi connectivity index (χ0n) is 18.6. The highest BCUT2D eigenvalue weighted by atomic mass is 79.9. The molecule has 0 bridgehead atoms. The summed E-state index contributed by atoms with van der Waals surface area (Å²) in [6.45, 7) is 2.77. The smallest absolute Gasteiger partial charge is 0.242 e. The summed E-state index contributed by atoms with van der Waals surface area (Å²) < 4.78 is 2.95. The highest BCUT2D eigenvalue weighted by molar-refractivity contribution is 9.10. The fourth-order valence-corrected chi connectivity index (χ4v) is 4.95. The summed E-state index contributed by atoms with van der Waals surface area (Å²) in [5.74, 6) is -0.0207. The molecule has 0 spiro atoms. The molecule has 1 fully saturated rings. The minimum absolute atomic E-state index is 0.147. The maximum Gasteiger partial charge on any atom is 0.242 e. The van der Waals surface area contributed by atoms with Gasteiger partial charge in [0.25, 0.3) is 0 Å². The van der Waals surface area contributed by atoms with E-state index < -0.39 is 6.04 Å². The second kappa shape index (κ2) is 10.2. The van der Waals surface area contributed by atoms with E-state index in [1.54, 1.807) is 19.3 Å². The minimum Gasteiger partial charge on any atom is -0.350 e. The summed E-state index contributed by atoms with van der Waals surface area (Å²) in [6, 6.07) is 9.14. The van der Waals surface area contributed by atoms with Crippen molar-refractivity contribution in [3.63, 3.8) is 0 Å². The molecule has 0 aliphatic carbocycles. The van der Waals surface area contributed by atoms with Crippen molar-refractivity contribution in [2.24, 2.45) is 13.0 Å². The number of halogens is 2. The Labute approximate surface area is 206 Å². The lowest BCUT2D eigenvalue weighted by Crippen LogP contribution is -2.49. The van der Waals surface area contributed by atoms with Crippen LogP contribution in [0.3, 0.4) is 0 Å². The predicted octanol–water partition coefficient (Wildman–Crippen LogP) is 3.33. The van der Waals surface area contributed by atoms with Gasteiger partial charge in [-0.2, -0.15) is 0 Å². The third-order valence-electron chi connectivity index (χ3n) is 6.05. The van der Waals surface area contributed by atoms with Crippen molar-refractivity contribution in [3.8, 4) is 0 Å². The molecule has 3 aromatic rings. The Bertz CT molecular complexity index is 1180. The number of amides is 2. The molecule has 0 unspecified atom stereocenters. The number of rotatable bonds is 7. The number of benzene rings is 1. The van der Waals surface area contributed by atoms with Gasteiger partial charge in [0.05, 0.1) is 11.1 Å². The van der Waals surface area contributed by atoms with Crippen molar-refractivity contribution in [1.29, 1.82) is 0 Å². The number of hydrogen-bond acceptors (Lipinski definition) is 4. The Morgan fingerprint density at radius 1 is 1.36 bits per heavy atom. The zero-order valence-corrected chi connectivity index (χ0v) is 20.9.